The summed E-state index contributed by atoms with van der Waals surface area (Å²) in [7, 11) is 0. The van der Waals surface area contributed by atoms with Crippen LogP contribution in [-0.2, 0) is 16.0 Å². The highest BCUT2D eigenvalue weighted by atomic mass is 16.5. The standard InChI is InChI=1S/C15H22N2O2/c1-3-12-8-13(5-4-11(12)2)17-15(18)9-14-10-19-7-6-16-14/h4-5,8,14,16H,3,6-7,9-10H2,1-2H3,(H,17,18). The summed E-state index contributed by atoms with van der Waals surface area (Å²) >= 11 is 0. The van der Waals surface area contributed by atoms with Gasteiger partial charge in [0.15, 0.2) is 0 Å². The molecule has 1 aliphatic heterocycles. The van der Waals surface area contributed by atoms with Crippen LogP contribution in [0.3, 0.4) is 0 Å². The zero-order valence-corrected chi connectivity index (χ0v) is 11.7. The molecule has 4 nitrogen and oxygen atoms in total. The number of nitrogens with one attached hydrogen (secondary N) is 2. The van der Waals surface area contributed by atoms with E-state index in [1.165, 1.54) is 11.1 Å². The summed E-state index contributed by atoms with van der Waals surface area (Å²) in [5.41, 5.74) is 3.42. The molecule has 1 heterocycles. The van der Waals surface area contributed by atoms with Gasteiger partial charge in [-0.2, -0.15) is 0 Å². The zero-order valence-electron chi connectivity index (χ0n) is 11.7. The van der Waals surface area contributed by atoms with Crippen molar-refractivity contribution < 1.29 is 9.53 Å². The van der Waals surface area contributed by atoms with E-state index in [0.717, 1.165) is 25.3 Å². The van der Waals surface area contributed by atoms with E-state index in [0.29, 0.717) is 13.0 Å². The molecule has 0 bridgehead atoms. The van der Waals surface area contributed by atoms with E-state index in [4.69, 9.17) is 4.74 Å². The van der Waals surface area contributed by atoms with Crippen molar-refractivity contribution in [3.8, 4) is 0 Å². The average Bonchev–Trinajstić information content (AvgIpc) is 2.42. The highest BCUT2D eigenvalue weighted by Gasteiger charge is 2.16. The number of benzene rings is 1. The number of rotatable bonds is 4. The van der Waals surface area contributed by atoms with Crippen molar-refractivity contribution >= 4 is 11.6 Å². The number of carbonyl (C=O) groups is 1. The Morgan fingerprint density at radius 1 is 1.53 bits per heavy atom. The van der Waals surface area contributed by atoms with Crippen molar-refractivity contribution in [2.75, 3.05) is 25.1 Å². The number of aryl methyl sites for hydroxylation is 2. The Hall–Kier alpha value is -1.39. The summed E-state index contributed by atoms with van der Waals surface area (Å²) in [5.74, 6) is 0.0360. The molecule has 0 saturated carbocycles. The maximum absolute atomic E-state index is 12.0. The molecule has 1 atom stereocenters. The molecule has 104 valence electrons. The number of hydrogen-bond donors (Lipinski definition) is 2. The molecule has 0 aliphatic carbocycles. The third-order valence-corrected chi connectivity index (χ3v) is 3.44. The molecule has 0 spiro atoms. The van der Waals surface area contributed by atoms with Crippen molar-refractivity contribution in [3.63, 3.8) is 0 Å². The predicted octanol–water partition coefficient (Wildman–Crippen LogP) is 1.87. The number of ether oxygens (including phenoxy) is 1. The number of anilines is 1. The van der Waals surface area contributed by atoms with Crippen LogP contribution < -0.4 is 10.6 Å². The fourth-order valence-electron chi connectivity index (χ4n) is 2.32. The van der Waals surface area contributed by atoms with Crippen molar-refractivity contribution in [3.05, 3.63) is 29.3 Å². The first-order chi connectivity index (χ1) is 9.19. The molecular formula is C15H22N2O2. The molecule has 1 aromatic carbocycles. The van der Waals surface area contributed by atoms with Crippen molar-refractivity contribution in [2.24, 2.45) is 0 Å². The Bertz CT molecular complexity index is 440. The minimum absolute atomic E-state index is 0.0360. The first kappa shape index (κ1) is 14.0. The molecule has 2 rings (SSSR count). The quantitative estimate of drug-likeness (QED) is 0.871. The van der Waals surface area contributed by atoms with Gasteiger partial charge in [-0.15, -0.1) is 0 Å². The summed E-state index contributed by atoms with van der Waals surface area (Å²) in [6, 6.07) is 6.19. The van der Waals surface area contributed by atoms with Crippen LogP contribution in [0.4, 0.5) is 5.69 Å². The lowest BCUT2D eigenvalue weighted by atomic mass is 10.1. The van der Waals surface area contributed by atoms with Crippen LogP contribution in [0.2, 0.25) is 0 Å². The van der Waals surface area contributed by atoms with E-state index in [1.807, 2.05) is 6.07 Å². The molecule has 0 radical (unpaired) electrons. The first-order valence-corrected chi connectivity index (χ1v) is 6.89. The summed E-state index contributed by atoms with van der Waals surface area (Å²) < 4.78 is 5.34. The largest absolute Gasteiger partial charge is 0.378 e. The maximum atomic E-state index is 12.0. The second-order valence-electron chi connectivity index (χ2n) is 4.97. The van der Waals surface area contributed by atoms with E-state index in [2.05, 4.69) is 36.6 Å². The number of carbonyl (C=O) groups excluding carboxylic acids is 1. The van der Waals surface area contributed by atoms with Crippen LogP contribution in [-0.4, -0.2) is 31.7 Å². The van der Waals surface area contributed by atoms with Gasteiger partial charge >= 0.3 is 0 Å². The zero-order chi connectivity index (χ0) is 13.7. The van der Waals surface area contributed by atoms with E-state index in [-0.39, 0.29) is 11.9 Å². The monoisotopic (exact) mass is 262 g/mol. The number of hydrogen-bond acceptors (Lipinski definition) is 3. The molecule has 1 unspecified atom stereocenters. The SMILES string of the molecule is CCc1cc(NC(=O)CC2COCCN2)ccc1C. The van der Waals surface area contributed by atoms with Gasteiger partial charge in [-0.1, -0.05) is 13.0 Å². The minimum atomic E-state index is 0.0360. The van der Waals surface area contributed by atoms with E-state index in [9.17, 15) is 4.79 Å². The van der Waals surface area contributed by atoms with Gasteiger partial charge < -0.3 is 15.4 Å². The summed E-state index contributed by atoms with van der Waals surface area (Å²) in [4.78, 5) is 12.0. The molecule has 19 heavy (non-hydrogen) atoms. The number of morpholine rings is 1. The van der Waals surface area contributed by atoms with E-state index >= 15 is 0 Å². The van der Waals surface area contributed by atoms with Gasteiger partial charge in [-0.25, -0.2) is 0 Å². The van der Waals surface area contributed by atoms with Gasteiger partial charge in [0.1, 0.15) is 0 Å². The van der Waals surface area contributed by atoms with Crippen LogP contribution in [0.15, 0.2) is 18.2 Å². The molecule has 2 N–H and O–H groups in total. The van der Waals surface area contributed by atoms with Gasteiger partial charge in [-0.05, 0) is 36.6 Å². The van der Waals surface area contributed by atoms with Gasteiger partial charge in [0.2, 0.25) is 5.91 Å². The fraction of sp³-hybridized carbons (Fsp3) is 0.533. The second kappa shape index (κ2) is 6.68. The number of amides is 1. The van der Waals surface area contributed by atoms with Crippen LogP contribution in [0.25, 0.3) is 0 Å². The smallest absolute Gasteiger partial charge is 0.226 e. The van der Waals surface area contributed by atoms with Gasteiger partial charge in [0.25, 0.3) is 0 Å². The van der Waals surface area contributed by atoms with Gasteiger partial charge in [-0.3, -0.25) is 4.79 Å². The molecular weight excluding hydrogens is 240 g/mol. The third-order valence-electron chi connectivity index (χ3n) is 3.44. The van der Waals surface area contributed by atoms with Crippen LogP contribution >= 0.6 is 0 Å². The Labute approximate surface area is 114 Å². The second-order valence-corrected chi connectivity index (χ2v) is 4.97. The Balaban J connectivity index is 1.90. The van der Waals surface area contributed by atoms with Gasteiger partial charge in [0.05, 0.1) is 13.2 Å². The Morgan fingerprint density at radius 2 is 2.37 bits per heavy atom. The summed E-state index contributed by atoms with van der Waals surface area (Å²) in [6.07, 6.45) is 1.43. The Kier molecular flexibility index (Phi) is 4.93. The van der Waals surface area contributed by atoms with Crippen LogP contribution in [0.5, 0.6) is 0 Å². The molecule has 0 aromatic heterocycles. The molecule has 1 aliphatic rings. The minimum Gasteiger partial charge on any atom is -0.378 e. The molecule has 1 amide bonds. The fourth-order valence-corrected chi connectivity index (χ4v) is 2.32. The van der Waals surface area contributed by atoms with E-state index in [1.54, 1.807) is 0 Å². The van der Waals surface area contributed by atoms with E-state index < -0.39 is 0 Å². The van der Waals surface area contributed by atoms with Gasteiger partial charge in [0, 0.05) is 24.7 Å². The molecule has 1 fully saturated rings. The highest BCUT2D eigenvalue weighted by molar-refractivity contribution is 5.91. The lowest BCUT2D eigenvalue weighted by Crippen LogP contribution is -2.43. The van der Waals surface area contributed by atoms with Crippen LogP contribution in [0, 0.1) is 6.92 Å². The lowest BCUT2D eigenvalue weighted by molar-refractivity contribution is -0.117. The normalized spacial score (nSPS) is 19.2. The maximum Gasteiger partial charge on any atom is 0.226 e. The molecule has 1 aromatic rings. The van der Waals surface area contributed by atoms with Crippen molar-refractivity contribution in [2.45, 2.75) is 32.7 Å². The van der Waals surface area contributed by atoms with Crippen LogP contribution in [0.1, 0.15) is 24.5 Å². The summed E-state index contributed by atoms with van der Waals surface area (Å²) in [6.45, 7) is 6.38. The third kappa shape index (κ3) is 4.04. The average molecular weight is 262 g/mol. The molecule has 4 heteroatoms. The topological polar surface area (TPSA) is 50.4 Å². The van der Waals surface area contributed by atoms with Crippen molar-refractivity contribution in [1.82, 2.24) is 5.32 Å². The molecule has 1 saturated heterocycles. The first-order valence-electron chi connectivity index (χ1n) is 6.89. The predicted molar refractivity (Wildman–Crippen MR) is 76.4 cm³/mol. The lowest BCUT2D eigenvalue weighted by Gasteiger charge is -2.23. The Morgan fingerprint density at radius 3 is 3.05 bits per heavy atom. The summed E-state index contributed by atoms with van der Waals surface area (Å²) in [5, 5.41) is 6.24. The van der Waals surface area contributed by atoms with Crippen molar-refractivity contribution in [1.29, 1.82) is 0 Å². The highest BCUT2D eigenvalue weighted by Crippen LogP contribution is 2.16.